The number of likely N-dealkylation sites (N-methyl/N-ethyl adjacent to an activating group) is 1. The van der Waals surface area contributed by atoms with E-state index in [0.717, 1.165) is 43.7 Å². The molecule has 3 rings (SSSR count). The fraction of sp³-hybridized carbons (Fsp3) is 0.429. The molecular formula is C28H32N6OS. The number of amides is 1. The third-order valence-corrected chi connectivity index (χ3v) is 7.51. The van der Waals surface area contributed by atoms with Gasteiger partial charge in [-0.15, -0.1) is 0 Å². The van der Waals surface area contributed by atoms with Crippen LogP contribution in [0.15, 0.2) is 29.3 Å². The van der Waals surface area contributed by atoms with Crippen molar-refractivity contribution in [3.05, 3.63) is 46.5 Å². The summed E-state index contributed by atoms with van der Waals surface area (Å²) in [6.07, 6.45) is 1.57. The molecule has 0 saturated carbocycles. The molecule has 1 saturated heterocycles. The first-order chi connectivity index (χ1) is 17.2. The van der Waals surface area contributed by atoms with E-state index in [-0.39, 0.29) is 5.91 Å². The molecule has 1 fully saturated rings. The van der Waals surface area contributed by atoms with Crippen molar-refractivity contribution in [3.8, 4) is 24.0 Å². The average Bonchev–Trinajstić information content (AvgIpc) is 3.07. The molecule has 186 valence electrons. The zero-order valence-electron chi connectivity index (χ0n) is 21.6. The van der Waals surface area contributed by atoms with Gasteiger partial charge in [-0.25, -0.2) is 4.98 Å². The van der Waals surface area contributed by atoms with Crippen LogP contribution in [0.25, 0.3) is 0 Å². The highest BCUT2D eigenvalue weighted by molar-refractivity contribution is 8.00. The first-order valence-electron chi connectivity index (χ1n) is 12.1. The lowest BCUT2D eigenvalue weighted by molar-refractivity contribution is -0.111. The summed E-state index contributed by atoms with van der Waals surface area (Å²) >= 11 is 1.52. The van der Waals surface area contributed by atoms with E-state index in [2.05, 4.69) is 60.0 Å². The van der Waals surface area contributed by atoms with Gasteiger partial charge in [0.1, 0.15) is 23.0 Å². The molecule has 0 bridgehead atoms. The number of benzene rings is 1. The molecule has 1 aromatic carbocycles. The van der Waals surface area contributed by atoms with Crippen LogP contribution in [0.4, 0.5) is 11.5 Å². The molecule has 0 unspecified atom stereocenters. The van der Waals surface area contributed by atoms with Crippen molar-refractivity contribution in [3.63, 3.8) is 0 Å². The topological polar surface area (TPSA) is 96.1 Å². The summed E-state index contributed by atoms with van der Waals surface area (Å²) in [7, 11) is 2.11. The number of carbonyl (C=O) groups is 1. The molecule has 2 heterocycles. The largest absolute Gasteiger partial charge is 0.354 e. The van der Waals surface area contributed by atoms with Crippen LogP contribution >= 0.6 is 11.8 Å². The highest BCUT2D eigenvalue weighted by Crippen LogP contribution is 2.43. The minimum Gasteiger partial charge on any atom is -0.354 e. The average molecular weight is 501 g/mol. The third-order valence-electron chi connectivity index (χ3n) is 6.27. The summed E-state index contributed by atoms with van der Waals surface area (Å²) in [5, 5.41) is 23.5. The first-order valence-corrected chi connectivity index (χ1v) is 12.9. The van der Waals surface area contributed by atoms with Crippen molar-refractivity contribution in [2.24, 2.45) is 0 Å². The summed E-state index contributed by atoms with van der Waals surface area (Å²) in [6, 6.07) is 12.3. The van der Waals surface area contributed by atoms with Crippen LogP contribution in [0.3, 0.4) is 0 Å². The van der Waals surface area contributed by atoms with E-state index in [0.29, 0.717) is 34.1 Å². The molecule has 0 spiro atoms. The van der Waals surface area contributed by atoms with Crippen LogP contribution in [0.1, 0.15) is 56.4 Å². The second-order valence-corrected chi connectivity index (χ2v) is 10.8. The van der Waals surface area contributed by atoms with Gasteiger partial charge >= 0.3 is 0 Å². The van der Waals surface area contributed by atoms with Gasteiger partial charge in [-0.3, -0.25) is 4.79 Å². The number of thioether (sulfide) groups is 1. The fourth-order valence-corrected chi connectivity index (χ4v) is 5.42. The Balaban J connectivity index is 1.99. The van der Waals surface area contributed by atoms with Crippen molar-refractivity contribution in [2.45, 2.75) is 50.3 Å². The standard InChI is InChI=1S/C28H32N6OS/c1-6-9-25(35)31-21-12-10-20(11-13-21)28(3,4)36-27-24(19-30)22(7-2)23(18-29)26(32-27)34-15-8-14-33(5)16-17-34/h10-13H,7-8,14-17H2,1-5H3,(H,31,35). The van der Waals surface area contributed by atoms with Crippen molar-refractivity contribution in [1.82, 2.24) is 9.88 Å². The second-order valence-electron chi connectivity index (χ2n) is 9.21. The van der Waals surface area contributed by atoms with E-state index in [9.17, 15) is 15.3 Å². The number of pyridine rings is 1. The first kappa shape index (κ1) is 27.1. The number of nitrogens with zero attached hydrogens (tertiary/aromatic N) is 5. The zero-order valence-corrected chi connectivity index (χ0v) is 22.4. The Morgan fingerprint density at radius 2 is 1.81 bits per heavy atom. The van der Waals surface area contributed by atoms with Crippen molar-refractivity contribution < 1.29 is 4.79 Å². The van der Waals surface area contributed by atoms with Gasteiger partial charge in [0.25, 0.3) is 5.91 Å². The SMILES string of the molecule is CC#CC(=O)Nc1ccc(C(C)(C)Sc2nc(N3CCCN(C)CC3)c(C#N)c(CC)c2C#N)cc1. The summed E-state index contributed by atoms with van der Waals surface area (Å²) in [5.74, 6) is 5.39. The second kappa shape index (κ2) is 12.0. The quantitative estimate of drug-likeness (QED) is 0.460. The highest BCUT2D eigenvalue weighted by atomic mass is 32.2. The van der Waals surface area contributed by atoms with E-state index in [1.54, 1.807) is 6.92 Å². The van der Waals surface area contributed by atoms with Gasteiger partial charge in [-0.1, -0.05) is 36.7 Å². The predicted octanol–water partition coefficient (Wildman–Crippen LogP) is 4.52. The molecule has 1 aromatic heterocycles. The molecule has 1 aliphatic rings. The highest BCUT2D eigenvalue weighted by Gasteiger charge is 2.29. The van der Waals surface area contributed by atoms with E-state index >= 15 is 0 Å². The molecule has 1 aliphatic heterocycles. The lowest BCUT2D eigenvalue weighted by atomic mass is 10.0. The monoisotopic (exact) mass is 500 g/mol. The van der Waals surface area contributed by atoms with Crippen LogP contribution < -0.4 is 10.2 Å². The summed E-state index contributed by atoms with van der Waals surface area (Å²) in [6.45, 7) is 11.3. The minimum absolute atomic E-state index is 0.348. The van der Waals surface area contributed by atoms with Gasteiger partial charge < -0.3 is 15.1 Å². The Hall–Kier alpha value is -3.51. The normalized spacial score (nSPS) is 14.1. The smallest absolute Gasteiger partial charge is 0.300 e. The molecule has 0 atom stereocenters. The predicted molar refractivity (Wildman–Crippen MR) is 145 cm³/mol. The molecule has 7 nitrogen and oxygen atoms in total. The maximum Gasteiger partial charge on any atom is 0.300 e. The Bertz CT molecular complexity index is 1260. The van der Waals surface area contributed by atoms with E-state index in [1.807, 2.05) is 31.2 Å². The maximum absolute atomic E-state index is 11.8. The van der Waals surface area contributed by atoms with Gasteiger partial charge in [-0.2, -0.15) is 10.5 Å². The number of hydrogen-bond donors (Lipinski definition) is 1. The van der Waals surface area contributed by atoms with Crippen LogP contribution in [0.2, 0.25) is 0 Å². The van der Waals surface area contributed by atoms with Gasteiger partial charge in [0.15, 0.2) is 0 Å². The lowest BCUT2D eigenvalue weighted by Crippen LogP contribution is -2.30. The van der Waals surface area contributed by atoms with E-state index < -0.39 is 4.75 Å². The zero-order chi connectivity index (χ0) is 26.3. The Morgan fingerprint density at radius 1 is 1.11 bits per heavy atom. The van der Waals surface area contributed by atoms with Gasteiger partial charge in [0.05, 0.1) is 11.1 Å². The lowest BCUT2D eigenvalue weighted by Gasteiger charge is -2.28. The van der Waals surface area contributed by atoms with Crippen molar-refractivity contribution in [2.75, 3.05) is 43.4 Å². The molecule has 0 radical (unpaired) electrons. The van der Waals surface area contributed by atoms with Crippen LogP contribution in [-0.4, -0.2) is 49.0 Å². The molecule has 0 aliphatic carbocycles. The van der Waals surface area contributed by atoms with Gasteiger partial charge in [-0.05, 0) is 76.4 Å². The van der Waals surface area contributed by atoms with E-state index in [1.165, 1.54) is 11.8 Å². The van der Waals surface area contributed by atoms with Crippen LogP contribution in [0.5, 0.6) is 0 Å². The van der Waals surface area contributed by atoms with Crippen molar-refractivity contribution >= 4 is 29.2 Å². The fourth-order valence-electron chi connectivity index (χ4n) is 4.28. The molecule has 2 aromatic rings. The van der Waals surface area contributed by atoms with Crippen LogP contribution in [-0.2, 0) is 16.0 Å². The number of aromatic nitrogens is 1. The summed E-state index contributed by atoms with van der Waals surface area (Å²) in [4.78, 5) is 21.2. The molecular weight excluding hydrogens is 468 g/mol. The number of hydrogen-bond acceptors (Lipinski definition) is 7. The number of nitriles is 2. The third kappa shape index (κ3) is 6.18. The Morgan fingerprint density at radius 3 is 2.42 bits per heavy atom. The molecule has 36 heavy (non-hydrogen) atoms. The Kier molecular flexibility index (Phi) is 8.99. The van der Waals surface area contributed by atoms with Gasteiger partial charge in [0, 0.05) is 30.1 Å². The summed E-state index contributed by atoms with van der Waals surface area (Å²) in [5.41, 5.74) is 3.44. The summed E-state index contributed by atoms with van der Waals surface area (Å²) < 4.78 is -0.417. The Labute approximate surface area is 218 Å². The van der Waals surface area contributed by atoms with E-state index in [4.69, 9.17) is 4.98 Å². The molecule has 1 amide bonds. The molecule has 1 N–H and O–H groups in total. The minimum atomic E-state index is -0.417. The number of anilines is 2. The number of nitrogens with one attached hydrogen (secondary N) is 1. The number of carbonyl (C=O) groups excluding carboxylic acids is 1. The maximum atomic E-state index is 11.8. The van der Waals surface area contributed by atoms with Gasteiger partial charge in [0.2, 0.25) is 0 Å². The molecule has 8 heteroatoms. The number of rotatable bonds is 6. The van der Waals surface area contributed by atoms with Crippen molar-refractivity contribution in [1.29, 1.82) is 10.5 Å². The van der Waals surface area contributed by atoms with Crippen LogP contribution in [0, 0.1) is 34.5 Å².